The van der Waals surface area contributed by atoms with E-state index in [1.165, 1.54) is 12.8 Å². The summed E-state index contributed by atoms with van der Waals surface area (Å²) in [6.45, 7) is 4.07. The van der Waals surface area contributed by atoms with Gasteiger partial charge in [-0.3, -0.25) is 4.79 Å². The molecule has 1 fully saturated rings. The average Bonchev–Trinajstić information content (AvgIpc) is 3.21. The van der Waals surface area contributed by atoms with Crippen molar-refractivity contribution in [1.82, 2.24) is 10.2 Å². The normalized spacial score (nSPS) is 15.9. The van der Waals surface area contributed by atoms with Crippen molar-refractivity contribution in [2.75, 3.05) is 20.1 Å². The van der Waals surface area contributed by atoms with Crippen molar-refractivity contribution in [1.29, 1.82) is 0 Å². The van der Waals surface area contributed by atoms with Gasteiger partial charge in [-0.1, -0.05) is 19.1 Å². The molecule has 2 N–H and O–H groups in total. The summed E-state index contributed by atoms with van der Waals surface area (Å²) < 4.78 is 0. The fourth-order valence-electron chi connectivity index (χ4n) is 2.42. The Labute approximate surface area is 120 Å². The number of nitrogens with zero attached hydrogens (tertiary/aromatic N) is 1. The van der Waals surface area contributed by atoms with Gasteiger partial charge >= 0.3 is 0 Å². The van der Waals surface area contributed by atoms with Gasteiger partial charge in [-0.15, -0.1) is 0 Å². The number of carbonyl (C=O) groups excluding carboxylic acids is 1. The maximum Gasteiger partial charge on any atom is 0.226 e. The first-order valence-corrected chi connectivity index (χ1v) is 7.31. The summed E-state index contributed by atoms with van der Waals surface area (Å²) in [5.74, 6) is 1.09. The smallest absolute Gasteiger partial charge is 0.226 e. The molecule has 1 aliphatic carbocycles. The highest BCUT2D eigenvalue weighted by Gasteiger charge is 2.28. The van der Waals surface area contributed by atoms with Crippen molar-refractivity contribution in [3.8, 4) is 5.75 Å². The van der Waals surface area contributed by atoms with Crippen LogP contribution >= 0.6 is 0 Å². The minimum Gasteiger partial charge on any atom is -0.508 e. The fraction of sp³-hybridized carbons (Fsp3) is 0.562. The maximum atomic E-state index is 12.5. The van der Waals surface area contributed by atoms with Crippen LogP contribution in [0, 0.1) is 11.8 Å². The zero-order chi connectivity index (χ0) is 14.5. The van der Waals surface area contributed by atoms with E-state index in [4.69, 9.17) is 0 Å². The number of phenols is 1. The topological polar surface area (TPSA) is 52.6 Å². The monoisotopic (exact) mass is 276 g/mol. The molecule has 1 amide bonds. The predicted octanol–water partition coefficient (Wildman–Crippen LogP) is 1.99. The number of benzene rings is 1. The Morgan fingerprint density at radius 2 is 2.25 bits per heavy atom. The second kappa shape index (κ2) is 6.75. The highest BCUT2D eigenvalue weighted by Crippen LogP contribution is 2.30. The summed E-state index contributed by atoms with van der Waals surface area (Å²) in [6.07, 6.45) is 2.45. The molecule has 4 heteroatoms. The second-order valence-corrected chi connectivity index (χ2v) is 5.79. The maximum absolute atomic E-state index is 12.5. The molecule has 1 aromatic carbocycles. The van der Waals surface area contributed by atoms with Crippen molar-refractivity contribution in [2.45, 2.75) is 26.3 Å². The summed E-state index contributed by atoms with van der Waals surface area (Å²) in [4.78, 5) is 14.4. The number of carbonyl (C=O) groups is 1. The quantitative estimate of drug-likeness (QED) is 0.801. The molecule has 0 bridgehead atoms. The number of phenolic OH excluding ortho intramolecular Hbond substituents is 1. The number of hydrogen-bond acceptors (Lipinski definition) is 3. The van der Waals surface area contributed by atoms with Crippen molar-refractivity contribution in [3.05, 3.63) is 29.8 Å². The minimum atomic E-state index is -0.0175. The third kappa shape index (κ3) is 4.23. The Morgan fingerprint density at radius 3 is 2.85 bits per heavy atom. The third-order valence-electron chi connectivity index (χ3n) is 3.70. The van der Waals surface area contributed by atoms with E-state index in [1.807, 2.05) is 31.0 Å². The van der Waals surface area contributed by atoms with E-state index >= 15 is 0 Å². The molecule has 1 saturated carbocycles. The lowest BCUT2D eigenvalue weighted by Gasteiger charge is -2.26. The highest BCUT2D eigenvalue weighted by molar-refractivity contribution is 5.78. The first kappa shape index (κ1) is 14.9. The predicted molar refractivity (Wildman–Crippen MR) is 79.3 cm³/mol. The summed E-state index contributed by atoms with van der Waals surface area (Å²) in [5, 5.41) is 12.6. The van der Waals surface area contributed by atoms with Gasteiger partial charge < -0.3 is 15.3 Å². The summed E-state index contributed by atoms with van der Waals surface area (Å²) in [6, 6.07) is 7.16. The molecule has 4 nitrogen and oxygen atoms in total. The van der Waals surface area contributed by atoms with Crippen LogP contribution in [0.2, 0.25) is 0 Å². The molecule has 20 heavy (non-hydrogen) atoms. The lowest BCUT2D eigenvalue weighted by Crippen LogP contribution is -2.39. The Balaban J connectivity index is 2.04. The largest absolute Gasteiger partial charge is 0.508 e. The molecule has 0 spiro atoms. The molecule has 1 aromatic rings. The van der Waals surface area contributed by atoms with E-state index in [0.29, 0.717) is 19.0 Å². The lowest BCUT2D eigenvalue weighted by atomic mass is 10.1. The highest BCUT2D eigenvalue weighted by atomic mass is 16.3. The third-order valence-corrected chi connectivity index (χ3v) is 3.70. The van der Waals surface area contributed by atoms with Crippen LogP contribution in [0.25, 0.3) is 0 Å². The molecular weight excluding hydrogens is 252 g/mol. The molecule has 0 saturated heterocycles. The van der Waals surface area contributed by atoms with Crippen LogP contribution in [-0.2, 0) is 11.3 Å². The van der Waals surface area contributed by atoms with Gasteiger partial charge in [-0.2, -0.15) is 0 Å². The Morgan fingerprint density at radius 1 is 1.50 bits per heavy atom. The Bertz CT molecular complexity index is 458. The number of amides is 1. The first-order valence-electron chi connectivity index (χ1n) is 7.31. The van der Waals surface area contributed by atoms with E-state index in [0.717, 1.165) is 12.1 Å². The number of nitrogens with one attached hydrogen (secondary N) is 1. The SMILES string of the molecule is CNCC(C)C(=O)N(Cc1cccc(O)c1)CC1CC1. The van der Waals surface area contributed by atoms with Crippen molar-refractivity contribution in [3.63, 3.8) is 0 Å². The molecule has 1 aliphatic rings. The van der Waals surface area contributed by atoms with E-state index < -0.39 is 0 Å². The van der Waals surface area contributed by atoms with E-state index in [9.17, 15) is 9.90 Å². The molecule has 0 heterocycles. The van der Waals surface area contributed by atoms with Gasteiger partial charge in [0.15, 0.2) is 0 Å². The fourth-order valence-corrected chi connectivity index (χ4v) is 2.42. The lowest BCUT2D eigenvalue weighted by molar-refractivity contribution is -0.135. The molecule has 110 valence electrons. The van der Waals surface area contributed by atoms with Gasteiger partial charge in [0.05, 0.1) is 0 Å². The molecule has 2 rings (SSSR count). The van der Waals surface area contributed by atoms with Crippen LogP contribution in [-0.4, -0.2) is 36.1 Å². The Hall–Kier alpha value is -1.55. The van der Waals surface area contributed by atoms with Gasteiger partial charge in [0, 0.05) is 25.6 Å². The van der Waals surface area contributed by atoms with E-state index in [-0.39, 0.29) is 17.6 Å². The van der Waals surface area contributed by atoms with Crippen molar-refractivity contribution in [2.24, 2.45) is 11.8 Å². The first-order chi connectivity index (χ1) is 9.60. The zero-order valence-corrected chi connectivity index (χ0v) is 12.3. The van der Waals surface area contributed by atoms with Crippen LogP contribution in [0.5, 0.6) is 5.75 Å². The summed E-state index contributed by atoms with van der Waals surface area (Å²) in [5.41, 5.74) is 0.982. The van der Waals surface area contributed by atoms with Gasteiger partial charge in [-0.05, 0) is 43.5 Å². The van der Waals surface area contributed by atoms with Gasteiger partial charge in [0.1, 0.15) is 5.75 Å². The zero-order valence-electron chi connectivity index (χ0n) is 12.3. The van der Waals surface area contributed by atoms with Crippen LogP contribution in [0.1, 0.15) is 25.3 Å². The van der Waals surface area contributed by atoms with Crippen LogP contribution in [0.3, 0.4) is 0 Å². The average molecular weight is 276 g/mol. The second-order valence-electron chi connectivity index (χ2n) is 5.79. The van der Waals surface area contributed by atoms with Crippen LogP contribution < -0.4 is 5.32 Å². The van der Waals surface area contributed by atoms with Crippen LogP contribution in [0.4, 0.5) is 0 Å². The van der Waals surface area contributed by atoms with Gasteiger partial charge in [-0.25, -0.2) is 0 Å². The molecular formula is C16H24N2O2. The Kier molecular flexibility index (Phi) is 5.01. The standard InChI is InChI=1S/C16H24N2O2/c1-12(9-17-2)16(20)18(10-13-6-7-13)11-14-4-3-5-15(19)8-14/h3-5,8,12-13,17,19H,6-7,9-11H2,1-2H3. The molecule has 0 aromatic heterocycles. The van der Waals surface area contributed by atoms with Crippen LogP contribution in [0.15, 0.2) is 24.3 Å². The van der Waals surface area contributed by atoms with E-state index in [1.54, 1.807) is 12.1 Å². The number of rotatable bonds is 7. The van der Waals surface area contributed by atoms with Gasteiger partial charge in [0.25, 0.3) is 0 Å². The molecule has 0 radical (unpaired) electrons. The summed E-state index contributed by atoms with van der Waals surface area (Å²) in [7, 11) is 1.87. The number of hydrogen-bond donors (Lipinski definition) is 2. The van der Waals surface area contributed by atoms with Gasteiger partial charge in [0.2, 0.25) is 5.91 Å². The molecule has 1 atom stereocenters. The number of aromatic hydroxyl groups is 1. The van der Waals surface area contributed by atoms with Crippen molar-refractivity contribution < 1.29 is 9.90 Å². The summed E-state index contributed by atoms with van der Waals surface area (Å²) >= 11 is 0. The minimum absolute atomic E-state index is 0.0175. The molecule has 0 aliphatic heterocycles. The molecule has 1 unspecified atom stereocenters. The van der Waals surface area contributed by atoms with E-state index in [2.05, 4.69) is 5.32 Å². The van der Waals surface area contributed by atoms with Crippen molar-refractivity contribution >= 4 is 5.91 Å².